The molecule has 48 valence electrons. The van der Waals surface area contributed by atoms with E-state index in [0.717, 1.165) is 0 Å². The van der Waals surface area contributed by atoms with Crippen molar-refractivity contribution in [2.24, 2.45) is 0 Å². The summed E-state index contributed by atoms with van der Waals surface area (Å²) in [5.74, 6) is 0. The van der Waals surface area contributed by atoms with Gasteiger partial charge in [0.1, 0.15) is 0 Å². The maximum absolute atomic E-state index is 0. The molecule has 0 atom stereocenters. The first-order valence-electron chi connectivity index (χ1n) is 0. The van der Waals surface area contributed by atoms with Crippen molar-refractivity contribution in [2.45, 2.75) is 0 Å². The largest absolute Gasteiger partial charge is 0.344 e. The van der Waals surface area contributed by atoms with Gasteiger partial charge in [0.25, 0.3) is 0 Å². The van der Waals surface area contributed by atoms with Crippen LogP contribution < -0.4 is 24.6 Å². The van der Waals surface area contributed by atoms with Crippen molar-refractivity contribution in [3.63, 3.8) is 0 Å². The average molecular weight is 141 g/mol. The monoisotopic (exact) mass is 140 g/mol. The molecule has 6 heavy (non-hydrogen) atoms. The zero-order valence-electron chi connectivity index (χ0n) is 3.64. The second kappa shape index (κ2) is 600. The number of hydrogen-bond donors (Lipinski definition) is 4. The van der Waals surface area contributed by atoms with Crippen LogP contribution in [0.2, 0.25) is 0 Å². The molecule has 0 amide bonds. The molecule has 4 nitrogen and oxygen atoms in total. The molecule has 0 aromatic carbocycles. The van der Waals surface area contributed by atoms with Gasteiger partial charge in [-0.25, -0.2) is 0 Å². The molecule has 0 aliphatic carbocycles. The molecule has 0 saturated heterocycles. The topological polar surface area (TPSA) is 140 Å². The van der Waals surface area contributed by atoms with Crippen LogP contribution in [0.5, 0.6) is 0 Å². The van der Waals surface area contributed by atoms with Gasteiger partial charge in [0.2, 0.25) is 0 Å². The maximum atomic E-state index is 0. The maximum Gasteiger partial charge on any atom is -0.147 e. The first kappa shape index (κ1) is 1070. The van der Waals surface area contributed by atoms with Crippen molar-refractivity contribution in [1.29, 1.82) is 0 Å². The van der Waals surface area contributed by atoms with Crippen LogP contribution in [-0.2, 0) is 0 Å². The summed E-state index contributed by atoms with van der Waals surface area (Å²) in [6.45, 7) is 0. The summed E-state index contributed by atoms with van der Waals surface area (Å²) in [5, 5.41) is 0. The minimum absolute atomic E-state index is 0. The van der Waals surface area contributed by atoms with Gasteiger partial charge in [0.15, 0.2) is 0 Å². The summed E-state index contributed by atoms with van der Waals surface area (Å²) in [7, 11) is 0. The summed E-state index contributed by atoms with van der Waals surface area (Å²) in [6.07, 6.45) is 0. The van der Waals surface area contributed by atoms with E-state index in [9.17, 15) is 0 Å². The molecule has 0 aromatic rings. The molecule has 0 aliphatic rings. The number of hydrogen-bond acceptors (Lipinski definition) is 4. The van der Waals surface area contributed by atoms with E-state index in [2.05, 4.69) is 0 Å². The quantitative estimate of drug-likeness (QED) is 0.405. The minimum Gasteiger partial charge on any atom is -0.344 e. The fourth-order valence-corrected chi connectivity index (χ4v) is 0. The second-order valence-corrected chi connectivity index (χ2v) is 0. The molecular weight excluding hydrogens is 127 g/mol. The molecule has 12 N–H and O–H groups in total. The van der Waals surface area contributed by atoms with Crippen LogP contribution in [0.1, 0.15) is 0 Å². The molecule has 0 bridgehead atoms. The van der Waals surface area contributed by atoms with Crippen LogP contribution in [0.15, 0.2) is 0 Å². The smallest absolute Gasteiger partial charge is 0.147 e. The van der Waals surface area contributed by atoms with Gasteiger partial charge in [0.05, 0.1) is 0 Å². The SMILES string of the molecule is Cl.Cl.N.N.N.N. The van der Waals surface area contributed by atoms with Crippen molar-refractivity contribution < 1.29 is 0 Å². The van der Waals surface area contributed by atoms with Gasteiger partial charge in [-0.3, -0.25) is 0 Å². The summed E-state index contributed by atoms with van der Waals surface area (Å²) in [6, 6.07) is 0. The van der Waals surface area contributed by atoms with Gasteiger partial charge >= 0.3 is 0 Å². The second-order valence-electron chi connectivity index (χ2n) is 0. The molecule has 0 fully saturated rings. The first-order chi connectivity index (χ1) is 0. The first-order valence-corrected chi connectivity index (χ1v) is 0. The van der Waals surface area contributed by atoms with Gasteiger partial charge in [-0.2, -0.15) is 0 Å². The minimum atomic E-state index is 0. The highest BCUT2D eigenvalue weighted by atomic mass is 35.5. The van der Waals surface area contributed by atoms with Gasteiger partial charge < -0.3 is 24.6 Å². The summed E-state index contributed by atoms with van der Waals surface area (Å²) in [5.41, 5.74) is 0. The third-order valence-corrected chi connectivity index (χ3v) is 0. The van der Waals surface area contributed by atoms with E-state index in [1.54, 1.807) is 0 Å². The molecular formula is H14Cl2N4. The standard InChI is InChI=1S/2ClH.4H3N/h2*1H;4*1H3. The van der Waals surface area contributed by atoms with Crippen LogP contribution >= 0.6 is 24.8 Å². The summed E-state index contributed by atoms with van der Waals surface area (Å²) >= 11 is 0. The molecule has 0 heterocycles. The fraction of sp³-hybridized carbons (Fsp3) is 0. The Balaban J connectivity index is 0. The van der Waals surface area contributed by atoms with Gasteiger partial charge in [-0.1, -0.05) is 0 Å². The lowest BCUT2D eigenvalue weighted by Gasteiger charge is -0.345. The van der Waals surface area contributed by atoms with E-state index in [4.69, 9.17) is 0 Å². The molecule has 0 rings (SSSR count). The Hall–Kier alpha value is 0.420. The number of rotatable bonds is 0. The van der Waals surface area contributed by atoms with E-state index in [1.807, 2.05) is 0 Å². The van der Waals surface area contributed by atoms with E-state index in [1.165, 1.54) is 0 Å². The predicted octanol–water partition coefficient (Wildman–Crippen LogP) is 1.49. The Morgan fingerprint density at radius 1 is 0.333 bits per heavy atom. The zero-order chi connectivity index (χ0) is 0. The zero-order valence-corrected chi connectivity index (χ0v) is 5.28. The van der Waals surface area contributed by atoms with E-state index in [-0.39, 0.29) is 49.4 Å². The lowest BCUT2D eigenvalue weighted by molar-refractivity contribution is 2.13. The van der Waals surface area contributed by atoms with E-state index in [0.29, 0.717) is 0 Å². The van der Waals surface area contributed by atoms with Gasteiger partial charge in [-0.15, -0.1) is 24.8 Å². The highest BCUT2D eigenvalue weighted by Crippen LogP contribution is 0.691. The molecule has 0 unspecified atom stereocenters. The van der Waals surface area contributed by atoms with Crippen LogP contribution in [0.3, 0.4) is 0 Å². The van der Waals surface area contributed by atoms with Crippen molar-refractivity contribution in [2.75, 3.05) is 0 Å². The average Bonchev–Trinajstić information content (AvgIpc) is 0. The summed E-state index contributed by atoms with van der Waals surface area (Å²) < 4.78 is 0. The molecule has 0 radical (unpaired) electrons. The predicted molar refractivity (Wildman–Crippen MR) is 34.6 cm³/mol. The Morgan fingerprint density at radius 2 is 0.333 bits per heavy atom. The highest BCUT2D eigenvalue weighted by molar-refractivity contribution is 5.85. The third kappa shape index (κ3) is 293. The number of halogens is 2. The highest BCUT2D eigenvalue weighted by Gasteiger charge is -0.146. The van der Waals surface area contributed by atoms with E-state index >= 15 is 0 Å². The molecule has 6 heteroatoms. The molecule has 0 spiro atoms. The Labute approximate surface area is 50.2 Å². The van der Waals surface area contributed by atoms with Gasteiger partial charge in [-0.05, 0) is 0 Å². The van der Waals surface area contributed by atoms with Crippen molar-refractivity contribution in [3.05, 3.63) is 0 Å². The lowest BCUT2D eigenvalue weighted by atomic mass is 14.0. The van der Waals surface area contributed by atoms with Crippen molar-refractivity contribution in [1.82, 2.24) is 24.6 Å². The van der Waals surface area contributed by atoms with Crippen molar-refractivity contribution >= 4 is 24.8 Å². The van der Waals surface area contributed by atoms with Gasteiger partial charge in [0, 0.05) is 0 Å². The van der Waals surface area contributed by atoms with E-state index < -0.39 is 0 Å². The van der Waals surface area contributed by atoms with Crippen molar-refractivity contribution in [3.8, 4) is 0 Å². The lowest BCUT2D eigenvalue weighted by Crippen LogP contribution is -0.482. The van der Waals surface area contributed by atoms with Crippen LogP contribution in [0, 0.1) is 0 Å². The van der Waals surface area contributed by atoms with Crippen LogP contribution in [0.25, 0.3) is 0 Å². The molecule has 0 aromatic heterocycles. The Morgan fingerprint density at radius 3 is 0.333 bits per heavy atom. The normalized spacial score (nSPS) is 0. The van der Waals surface area contributed by atoms with Crippen LogP contribution in [0.4, 0.5) is 0 Å². The molecule has 0 saturated carbocycles. The Kier molecular flexibility index (Phi) is 107000. The third-order valence-electron chi connectivity index (χ3n) is 0. The fourth-order valence-electron chi connectivity index (χ4n) is 0. The molecule has 0 aliphatic heterocycles. The summed E-state index contributed by atoms with van der Waals surface area (Å²) in [4.78, 5) is 0. The van der Waals surface area contributed by atoms with Crippen LogP contribution in [-0.4, -0.2) is 0 Å². The Bertz CT molecular complexity index is 5.51.